The summed E-state index contributed by atoms with van der Waals surface area (Å²) in [6, 6.07) is 8.23. The van der Waals surface area contributed by atoms with Crippen molar-refractivity contribution in [1.29, 1.82) is 0 Å². The molecular weight excluding hydrogens is 214 g/mol. The molecule has 0 saturated carbocycles. The van der Waals surface area contributed by atoms with Crippen LogP contribution in [0.25, 0.3) is 0 Å². The Balaban J connectivity index is 1.90. The molecule has 92 valence electrons. The van der Waals surface area contributed by atoms with Crippen molar-refractivity contribution in [3.05, 3.63) is 29.8 Å². The minimum atomic E-state index is 0.0519. The number of nitrogens with one attached hydrogen (secondary N) is 1. The lowest BCUT2D eigenvalue weighted by atomic mass is 10.2. The number of likely N-dealkylation sites (tertiary alicyclic amines) is 1. The van der Waals surface area contributed by atoms with E-state index in [-0.39, 0.29) is 11.9 Å². The maximum absolute atomic E-state index is 11.0. The summed E-state index contributed by atoms with van der Waals surface area (Å²) in [5.41, 5.74) is 7.92. The Morgan fingerprint density at radius 1 is 1.53 bits per heavy atom. The second-order valence-electron chi connectivity index (χ2n) is 4.62. The van der Waals surface area contributed by atoms with Gasteiger partial charge in [-0.1, -0.05) is 18.2 Å². The number of nitrogens with two attached hydrogens (primary N) is 1. The number of hydrogen-bond acceptors (Lipinski definition) is 3. The zero-order valence-electron chi connectivity index (χ0n) is 10.1. The Morgan fingerprint density at radius 2 is 2.29 bits per heavy atom. The van der Waals surface area contributed by atoms with E-state index in [4.69, 9.17) is 5.73 Å². The number of benzene rings is 1. The van der Waals surface area contributed by atoms with Crippen LogP contribution in [0.3, 0.4) is 0 Å². The highest BCUT2D eigenvalue weighted by Crippen LogP contribution is 2.17. The second-order valence-corrected chi connectivity index (χ2v) is 4.62. The van der Waals surface area contributed by atoms with E-state index in [2.05, 4.69) is 16.3 Å². The Hall–Kier alpha value is -1.55. The molecule has 1 aromatic carbocycles. The predicted octanol–water partition coefficient (Wildman–Crippen LogP) is 0.979. The van der Waals surface area contributed by atoms with Crippen LogP contribution in [0, 0.1) is 0 Å². The van der Waals surface area contributed by atoms with E-state index in [9.17, 15) is 4.79 Å². The number of para-hydroxylation sites is 1. The van der Waals surface area contributed by atoms with E-state index >= 15 is 0 Å². The minimum absolute atomic E-state index is 0.0519. The number of amides is 1. The molecule has 4 nitrogen and oxygen atoms in total. The largest absolute Gasteiger partial charge is 0.398 e. The summed E-state index contributed by atoms with van der Waals surface area (Å²) in [6.45, 7) is 4.35. The highest BCUT2D eigenvalue weighted by Gasteiger charge is 2.23. The number of nitrogens with zero attached hydrogens (tertiary/aromatic N) is 1. The van der Waals surface area contributed by atoms with Gasteiger partial charge in [0.2, 0.25) is 5.91 Å². The van der Waals surface area contributed by atoms with Gasteiger partial charge >= 0.3 is 0 Å². The first kappa shape index (κ1) is 11.9. The average Bonchev–Trinajstić information content (AvgIpc) is 2.68. The van der Waals surface area contributed by atoms with Crippen LogP contribution in [0.5, 0.6) is 0 Å². The highest BCUT2D eigenvalue weighted by atomic mass is 16.1. The predicted molar refractivity (Wildman–Crippen MR) is 68.4 cm³/mol. The van der Waals surface area contributed by atoms with Crippen molar-refractivity contribution < 1.29 is 4.79 Å². The smallest absolute Gasteiger partial charge is 0.217 e. The van der Waals surface area contributed by atoms with E-state index < -0.39 is 0 Å². The molecule has 1 aliphatic heterocycles. The van der Waals surface area contributed by atoms with Crippen LogP contribution in [0.2, 0.25) is 0 Å². The molecule has 0 spiro atoms. The van der Waals surface area contributed by atoms with E-state index in [1.54, 1.807) is 6.92 Å². The van der Waals surface area contributed by atoms with Gasteiger partial charge in [0, 0.05) is 38.3 Å². The summed E-state index contributed by atoms with van der Waals surface area (Å²) in [7, 11) is 0. The van der Waals surface area contributed by atoms with Crippen LogP contribution in [-0.4, -0.2) is 29.9 Å². The summed E-state index contributed by atoms with van der Waals surface area (Å²) in [5.74, 6) is 0.0519. The van der Waals surface area contributed by atoms with E-state index in [0.717, 1.165) is 37.3 Å². The zero-order valence-corrected chi connectivity index (χ0v) is 10.1. The molecule has 1 aromatic rings. The lowest BCUT2D eigenvalue weighted by Gasteiger charge is -2.17. The van der Waals surface area contributed by atoms with Crippen molar-refractivity contribution >= 4 is 11.6 Å². The molecule has 0 aromatic heterocycles. The molecule has 4 heteroatoms. The maximum Gasteiger partial charge on any atom is 0.217 e. The lowest BCUT2D eigenvalue weighted by molar-refractivity contribution is -0.119. The standard InChI is InChI=1S/C13H19N3O/c1-10(17)15-12-6-7-16(9-12)8-11-4-2-3-5-13(11)14/h2-5,12H,6-9,14H2,1H3,(H,15,17). The topological polar surface area (TPSA) is 58.4 Å². The molecule has 1 unspecified atom stereocenters. The van der Waals surface area contributed by atoms with Crippen molar-refractivity contribution in [1.82, 2.24) is 10.2 Å². The third-order valence-corrected chi connectivity index (χ3v) is 3.13. The molecule has 0 radical (unpaired) electrons. The number of carbonyl (C=O) groups excluding carboxylic acids is 1. The fourth-order valence-electron chi connectivity index (χ4n) is 2.30. The quantitative estimate of drug-likeness (QED) is 0.765. The van der Waals surface area contributed by atoms with Crippen molar-refractivity contribution in [2.24, 2.45) is 0 Å². The molecule has 1 aliphatic rings. The molecule has 0 aliphatic carbocycles. The maximum atomic E-state index is 11.0. The number of hydrogen-bond donors (Lipinski definition) is 2. The van der Waals surface area contributed by atoms with Gasteiger partial charge in [-0.05, 0) is 18.1 Å². The normalized spacial score (nSPS) is 20.4. The van der Waals surface area contributed by atoms with Gasteiger partial charge in [-0.15, -0.1) is 0 Å². The number of rotatable bonds is 3. The van der Waals surface area contributed by atoms with Gasteiger partial charge in [0.1, 0.15) is 0 Å². The van der Waals surface area contributed by atoms with Gasteiger partial charge in [-0.2, -0.15) is 0 Å². The van der Waals surface area contributed by atoms with Crippen molar-refractivity contribution in [3.63, 3.8) is 0 Å². The SMILES string of the molecule is CC(=O)NC1CCN(Cc2ccccc2N)C1. The Morgan fingerprint density at radius 3 is 3.00 bits per heavy atom. The van der Waals surface area contributed by atoms with Crippen LogP contribution >= 0.6 is 0 Å². The van der Waals surface area contributed by atoms with E-state index in [1.807, 2.05) is 18.2 Å². The first-order valence-electron chi connectivity index (χ1n) is 5.98. The number of nitrogen functional groups attached to an aromatic ring is 1. The number of carbonyl (C=O) groups is 1. The van der Waals surface area contributed by atoms with Crippen LogP contribution in [-0.2, 0) is 11.3 Å². The van der Waals surface area contributed by atoms with Gasteiger partial charge < -0.3 is 11.1 Å². The summed E-state index contributed by atoms with van der Waals surface area (Å²) in [5, 5.41) is 2.96. The first-order chi connectivity index (χ1) is 8.15. The summed E-state index contributed by atoms with van der Waals surface area (Å²) in [6.07, 6.45) is 1.02. The van der Waals surface area contributed by atoms with E-state index in [1.165, 1.54) is 0 Å². The van der Waals surface area contributed by atoms with Gasteiger partial charge in [0.15, 0.2) is 0 Å². The van der Waals surface area contributed by atoms with Crippen LogP contribution in [0.1, 0.15) is 18.9 Å². The van der Waals surface area contributed by atoms with E-state index in [0.29, 0.717) is 0 Å². The molecule has 0 bridgehead atoms. The van der Waals surface area contributed by atoms with Gasteiger partial charge in [-0.3, -0.25) is 9.69 Å². The van der Waals surface area contributed by atoms with Gasteiger partial charge in [0.05, 0.1) is 0 Å². The summed E-state index contributed by atoms with van der Waals surface area (Å²) < 4.78 is 0. The number of anilines is 1. The summed E-state index contributed by atoms with van der Waals surface area (Å²) >= 11 is 0. The monoisotopic (exact) mass is 233 g/mol. The second kappa shape index (κ2) is 5.19. The highest BCUT2D eigenvalue weighted by molar-refractivity contribution is 5.73. The molecule has 1 heterocycles. The van der Waals surface area contributed by atoms with Crippen LogP contribution in [0.15, 0.2) is 24.3 Å². The fourth-order valence-corrected chi connectivity index (χ4v) is 2.30. The minimum Gasteiger partial charge on any atom is -0.398 e. The van der Waals surface area contributed by atoms with Crippen molar-refractivity contribution in [2.45, 2.75) is 25.9 Å². The van der Waals surface area contributed by atoms with Gasteiger partial charge in [-0.25, -0.2) is 0 Å². The van der Waals surface area contributed by atoms with Crippen molar-refractivity contribution in [2.75, 3.05) is 18.8 Å². The molecule has 1 atom stereocenters. The molecule has 1 fully saturated rings. The Bertz CT molecular complexity index is 405. The molecule has 3 N–H and O–H groups in total. The lowest BCUT2D eigenvalue weighted by Crippen LogP contribution is -2.35. The molecule has 1 amide bonds. The Kier molecular flexibility index (Phi) is 3.64. The van der Waals surface area contributed by atoms with Gasteiger partial charge in [0.25, 0.3) is 0 Å². The zero-order chi connectivity index (χ0) is 12.3. The van der Waals surface area contributed by atoms with Crippen molar-refractivity contribution in [3.8, 4) is 0 Å². The molecule has 17 heavy (non-hydrogen) atoms. The molecule has 1 saturated heterocycles. The average molecular weight is 233 g/mol. The Labute approximate surface area is 102 Å². The molecular formula is C13H19N3O. The third-order valence-electron chi connectivity index (χ3n) is 3.13. The summed E-state index contributed by atoms with van der Waals surface area (Å²) in [4.78, 5) is 13.3. The first-order valence-corrected chi connectivity index (χ1v) is 5.98. The fraction of sp³-hybridized carbons (Fsp3) is 0.462. The van der Waals surface area contributed by atoms with Crippen LogP contribution in [0.4, 0.5) is 5.69 Å². The van der Waals surface area contributed by atoms with Crippen LogP contribution < -0.4 is 11.1 Å². The molecule has 2 rings (SSSR count). The third kappa shape index (κ3) is 3.20.